The Balaban J connectivity index is 1.50. The van der Waals surface area contributed by atoms with Crippen LogP contribution in [-0.2, 0) is 7.05 Å². The normalized spacial score (nSPS) is 16.6. The number of hydrogen-bond acceptors (Lipinski definition) is 5. The fourth-order valence-electron chi connectivity index (χ4n) is 4.80. The monoisotopic (exact) mass is 448 g/mol. The standard InChI is InChI=1S/C23H25ClN8/c1-23(13-25)5-8-31(9-6-23)22-28-20-18(21-26-7-10-32(21)22)15(11-27-20)14-3-4-17-16(19(14)24)12-30(2)29-17/h3-4,7,10-12,27H,5-6,8-9,13,25H2,1-2H3. The van der Waals surface area contributed by atoms with Crippen LogP contribution in [0.25, 0.3) is 38.7 Å². The maximum atomic E-state index is 6.83. The van der Waals surface area contributed by atoms with E-state index in [1.54, 1.807) is 4.68 Å². The van der Waals surface area contributed by atoms with Crippen molar-refractivity contribution in [1.29, 1.82) is 0 Å². The highest BCUT2D eigenvalue weighted by Crippen LogP contribution is 2.39. The predicted octanol–water partition coefficient (Wildman–Crippen LogP) is 3.98. The van der Waals surface area contributed by atoms with Crippen molar-refractivity contribution in [3.8, 4) is 11.1 Å². The van der Waals surface area contributed by atoms with Crippen LogP contribution in [-0.4, -0.2) is 48.8 Å². The van der Waals surface area contributed by atoms with Gasteiger partial charge < -0.3 is 15.6 Å². The van der Waals surface area contributed by atoms with Crippen molar-refractivity contribution in [2.45, 2.75) is 19.8 Å². The van der Waals surface area contributed by atoms with Gasteiger partial charge in [-0.05, 0) is 30.9 Å². The minimum Gasteiger partial charge on any atom is -0.345 e. The van der Waals surface area contributed by atoms with Crippen molar-refractivity contribution >= 4 is 45.1 Å². The van der Waals surface area contributed by atoms with E-state index in [4.69, 9.17) is 27.3 Å². The molecule has 32 heavy (non-hydrogen) atoms. The molecule has 9 heteroatoms. The number of fused-ring (bicyclic) bond motifs is 4. The number of nitrogens with one attached hydrogen (secondary N) is 1. The van der Waals surface area contributed by atoms with Crippen molar-refractivity contribution < 1.29 is 0 Å². The van der Waals surface area contributed by atoms with Gasteiger partial charge in [0.25, 0.3) is 0 Å². The molecule has 164 valence electrons. The Labute approximate surface area is 190 Å². The summed E-state index contributed by atoms with van der Waals surface area (Å²) in [6, 6.07) is 4.02. The molecule has 0 radical (unpaired) electrons. The molecule has 0 atom stereocenters. The van der Waals surface area contributed by atoms with Gasteiger partial charge in [0, 0.05) is 61.4 Å². The second-order valence-electron chi connectivity index (χ2n) is 9.12. The summed E-state index contributed by atoms with van der Waals surface area (Å²) in [7, 11) is 1.90. The first-order chi connectivity index (χ1) is 15.5. The molecule has 0 bridgehead atoms. The van der Waals surface area contributed by atoms with E-state index in [2.05, 4.69) is 26.3 Å². The molecule has 6 rings (SSSR count). The van der Waals surface area contributed by atoms with E-state index in [0.29, 0.717) is 5.02 Å². The molecule has 1 saturated heterocycles. The number of imidazole rings is 1. The Morgan fingerprint density at radius 1 is 1.22 bits per heavy atom. The topological polar surface area (TPSA) is 93.1 Å². The summed E-state index contributed by atoms with van der Waals surface area (Å²) in [6.45, 7) is 4.84. The van der Waals surface area contributed by atoms with E-state index in [-0.39, 0.29) is 5.41 Å². The first kappa shape index (κ1) is 19.6. The number of halogens is 1. The van der Waals surface area contributed by atoms with Crippen LogP contribution in [0, 0.1) is 5.41 Å². The highest BCUT2D eigenvalue weighted by atomic mass is 35.5. The van der Waals surface area contributed by atoms with Crippen molar-refractivity contribution in [2.75, 3.05) is 24.5 Å². The SMILES string of the molecule is Cn1cc2c(Cl)c(-c3c[nH]c4nc(N5CCC(C)(CN)CC5)n5ccnc5c34)ccc2n1. The van der Waals surface area contributed by atoms with Gasteiger partial charge in [-0.3, -0.25) is 9.08 Å². The highest BCUT2D eigenvalue weighted by molar-refractivity contribution is 6.38. The van der Waals surface area contributed by atoms with Gasteiger partial charge >= 0.3 is 0 Å². The van der Waals surface area contributed by atoms with Crippen LogP contribution in [0.1, 0.15) is 19.8 Å². The molecule has 0 amide bonds. The van der Waals surface area contributed by atoms with Gasteiger partial charge in [0.05, 0.1) is 15.9 Å². The van der Waals surface area contributed by atoms with Crippen LogP contribution >= 0.6 is 11.6 Å². The van der Waals surface area contributed by atoms with E-state index in [1.165, 1.54) is 0 Å². The summed E-state index contributed by atoms with van der Waals surface area (Å²) in [5.41, 5.74) is 10.7. The molecule has 0 aliphatic carbocycles. The number of nitrogens with two attached hydrogens (primary N) is 1. The number of aromatic nitrogens is 6. The molecular formula is C23H25ClN8. The number of hydrogen-bond donors (Lipinski definition) is 2. The minimum atomic E-state index is 0.204. The maximum Gasteiger partial charge on any atom is 0.213 e. The van der Waals surface area contributed by atoms with Crippen molar-refractivity contribution in [2.24, 2.45) is 18.2 Å². The Bertz CT molecular complexity index is 1470. The molecule has 4 aromatic heterocycles. The molecule has 8 nitrogen and oxygen atoms in total. The lowest BCUT2D eigenvalue weighted by molar-refractivity contribution is 0.257. The van der Waals surface area contributed by atoms with Crippen molar-refractivity contribution in [3.05, 3.63) is 41.9 Å². The number of piperidine rings is 1. The second-order valence-corrected chi connectivity index (χ2v) is 9.50. The number of anilines is 1. The van der Waals surface area contributed by atoms with E-state index in [1.807, 2.05) is 44.0 Å². The van der Waals surface area contributed by atoms with Crippen LogP contribution in [0.15, 0.2) is 36.9 Å². The lowest BCUT2D eigenvalue weighted by atomic mass is 9.81. The number of H-pyrrole nitrogens is 1. The summed E-state index contributed by atoms with van der Waals surface area (Å²) in [4.78, 5) is 15.4. The molecule has 0 saturated carbocycles. The van der Waals surface area contributed by atoms with Gasteiger partial charge in [-0.25, -0.2) is 4.98 Å². The van der Waals surface area contributed by atoms with Crippen LogP contribution in [0.5, 0.6) is 0 Å². The van der Waals surface area contributed by atoms with E-state index < -0.39 is 0 Å². The Morgan fingerprint density at radius 2 is 2.03 bits per heavy atom. The zero-order valence-electron chi connectivity index (χ0n) is 18.1. The Morgan fingerprint density at radius 3 is 2.81 bits per heavy atom. The zero-order chi connectivity index (χ0) is 22.0. The largest absolute Gasteiger partial charge is 0.345 e. The predicted molar refractivity (Wildman–Crippen MR) is 128 cm³/mol. The lowest BCUT2D eigenvalue weighted by Gasteiger charge is -2.39. The number of rotatable bonds is 3. The molecule has 3 N–H and O–H groups in total. The van der Waals surface area contributed by atoms with Gasteiger partial charge in [-0.2, -0.15) is 10.1 Å². The summed E-state index contributed by atoms with van der Waals surface area (Å²) in [5, 5.41) is 7.04. The number of benzene rings is 1. The summed E-state index contributed by atoms with van der Waals surface area (Å²) in [5.74, 6) is 0.909. The summed E-state index contributed by atoms with van der Waals surface area (Å²) in [6.07, 6.45) is 9.84. The first-order valence-electron chi connectivity index (χ1n) is 10.9. The number of aromatic amines is 1. The molecule has 0 spiro atoms. The smallest absolute Gasteiger partial charge is 0.213 e. The van der Waals surface area contributed by atoms with Crippen molar-refractivity contribution in [3.63, 3.8) is 0 Å². The third-order valence-corrected chi connectivity index (χ3v) is 7.33. The van der Waals surface area contributed by atoms with Crippen LogP contribution in [0.3, 0.4) is 0 Å². The maximum absolute atomic E-state index is 6.83. The average molecular weight is 449 g/mol. The van der Waals surface area contributed by atoms with E-state index in [9.17, 15) is 0 Å². The third kappa shape index (κ3) is 2.83. The van der Waals surface area contributed by atoms with Crippen molar-refractivity contribution in [1.82, 2.24) is 29.1 Å². The molecule has 1 aliphatic rings. The Kier molecular flexibility index (Phi) is 4.25. The second kappa shape index (κ2) is 6.95. The minimum absolute atomic E-state index is 0.204. The molecule has 0 unspecified atom stereocenters. The van der Waals surface area contributed by atoms with Crippen LogP contribution < -0.4 is 10.6 Å². The number of nitrogens with zero attached hydrogens (tertiary/aromatic N) is 6. The quantitative estimate of drug-likeness (QED) is 0.435. The molecule has 5 heterocycles. The number of aryl methyl sites for hydroxylation is 1. The fraction of sp³-hybridized carbons (Fsp3) is 0.348. The van der Waals surface area contributed by atoms with Gasteiger partial charge in [-0.1, -0.05) is 24.6 Å². The molecule has 1 aromatic carbocycles. The van der Waals surface area contributed by atoms with Gasteiger partial charge in [0.1, 0.15) is 5.65 Å². The lowest BCUT2D eigenvalue weighted by Crippen LogP contribution is -2.43. The average Bonchev–Trinajstić information content (AvgIpc) is 3.51. The van der Waals surface area contributed by atoms with Gasteiger partial charge in [0.2, 0.25) is 5.95 Å². The molecule has 5 aromatic rings. The summed E-state index contributed by atoms with van der Waals surface area (Å²) < 4.78 is 3.87. The molecular weight excluding hydrogens is 424 g/mol. The highest BCUT2D eigenvalue weighted by Gasteiger charge is 2.30. The molecule has 1 fully saturated rings. The third-order valence-electron chi connectivity index (χ3n) is 6.93. The fourth-order valence-corrected chi connectivity index (χ4v) is 5.11. The van der Waals surface area contributed by atoms with Gasteiger partial charge in [0.15, 0.2) is 5.65 Å². The molecule has 1 aliphatic heterocycles. The zero-order valence-corrected chi connectivity index (χ0v) is 18.9. The van der Waals surface area contributed by atoms with Crippen LogP contribution in [0.2, 0.25) is 5.02 Å². The van der Waals surface area contributed by atoms with Gasteiger partial charge in [-0.15, -0.1) is 0 Å². The summed E-state index contributed by atoms with van der Waals surface area (Å²) >= 11 is 6.83. The first-order valence-corrected chi connectivity index (χ1v) is 11.3. The van der Waals surface area contributed by atoms with E-state index in [0.717, 1.165) is 77.1 Å². The Hall–Kier alpha value is -3.10. The van der Waals surface area contributed by atoms with Crippen LogP contribution in [0.4, 0.5) is 5.95 Å². The van der Waals surface area contributed by atoms with E-state index >= 15 is 0 Å².